The van der Waals surface area contributed by atoms with Gasteiger partial charge in [0.15, 0.2) is 0 Å². The highest BCUT2D eigenvalue weighted by molar-refractivity contribution is 7.12. The molecule has 1 unspecified atom stereocenters. The van der Waals surface area contributed by atoms with Gasteiger partial charge in [-0.1, -0.05) is 30.3 Å². The molecular weight excluding hydrogens is 400 g/mol. The fraction of sp³-hybridized carbons (Fsp3) is 0.318. The van der Waals surface area contributed by atoms with Gasteiger partial charge in [-0.25, -0.2) is 14.6 Å². The van der Waals surface area contributed by atoms with E-state index in [-0.39, 0.29) is 11.9 Å². The van der Waals surface area contributed by atoms with Gasteiger partial charge in [-0.15, -0.1) is 11.3 Å². The zero-order valence-electron chi connectivity index (χ0n) is 17.0. The van der Waals surface area contributed by atoms with Gasteiger partial charge in [0, 0.05) is 37.4 Å². The summed E-state index contributed by atoms with van der Waals surface area (Å²) in [6.07, 6.45) is 2.75. The number of aromatic nitrogens is 2. The van der Waals surface area contributed by atoms with Crippen LogP contribution >= 0.6 is 11.3 Å². The van der Waals surface area contributed by atoms with Crippen LogP contribution in [0.3, 0.4) is 0 Å². The van der Waals surface area contributed by atoms with Crippen molar-refractivity contribution in [3.63, 3.8) is 0 Å². The van der Waals surface area contributed by atoms with Crippen molar-refractivity contribution < 1.29 is 14.3 Å². The van der Waals surface area contributed by atoms with Crippen LogP contribution in [0.5, 0.6) is 0 Å². The highest BCUT2D eigenvalue weighted by Crippen LogP contribution is 2.29. The number of aryl methyl sites for hydroxylation is 1. The minimum atomic E-state index is -0.446. The number of esters is 1. The van der Waals surface area contributed by atoms with E-state index in [4.69, 9.17) is 4.74 Å². The second kappa shape index (κ2) is 8.71. The molecule has 0 aliphatic carbocycles. The van der Waals surface area contributed by atoms with Crippen LogP contribution in [-0.4, -0.2) is 46.7 Å². The van der Waals surface area contributed by atoms with Crippen molar-refractivity contribution in [2.24, 2.45) is 0 Å². The number of hydrogen-bond acceptors (Lipinski definition) is 5. The smallest absolute Gasteiger partial charge is 0.350 e. The first kappa shape index (κ1) is 20.2. The Morgan fingerprint density at radius 3 is 2.83 bits per heavy atom. The third-order valence-corrected chi connectivity index (χ3v) is 6.28. The van der Waals surface area contributed by atoms with E-state index in [0.717, 1.165) is 24.5 Å². The summed E-state index contributed by atoms with van der Waals surface area (Å²) >= 11 is 1.25. The lowest BCUT2D eigenvalue weighted by molar-refractivity contribution is 0.0607. The SMILES string of the molecule is COC(=O)c1sccc1NC(=O)N1CCC(c2ncc(C)n2Cc2ccccc2)C1. The van der Waals surface area contributed by atoms with Crippen LogP contribution in [0.4, 0.5) is 10.5 Å². The fourth-order valence-electron chi connectivity index (χ4n) is 3.79. The molecule has 8 heteroatoms. The first-order chi connectivity index (χ1) is 14.6. The highest BCUT2D eigenvalue weighted by Gasteiger charge is 2.31. The molecule has 2 aromatic heterocycles. The summed E-state index contributed by atoms with van der Waals surface area (Å²) in [5.74, 6) is 0.742. The Labute approximate surface area is 179 Å². The number of carbonyl (C=O) groups excluding carboxylic acids is 2. The molecule has 1 fully saturated rings. The summed E-state index contributed by atoms with van der Waals surface area (Å²) < 4.78 is 7.01. The second-order valence-corrected chi connectivity index (χ2v) is 8.26. The molecule has 1 saturated heterocycles. The molecule has 4 rings (SSSR count). The van der Waals surface area contributed by atoms with Crippen LogP contribution in [0.1, 0.15) is 39.1 Å². The Morgan fingerprint density at radius 2 is 2.07 bits per heavy atom. The molecule has 0 radical (unpaired) electrons. The van der Waals surface area contributed by atoms with Gasteiger partial charge >= 0.3 is 12.0 Å². The molecule has 3 aromatic rings. The number of amides is 2. The maximum atomic E-state index is 12.8. The van der Waals surface area contributed by atoms with Crippen LogP contribution in [0, 0.1) is 6.92 Å². The predicted molar refractivity (Wildman–Crippen MR) is 116 cm³/mol. The number of nitrogens with zero attached hydrogens (tertiary/aromatic N) is 3. The predicted octanol–water partition coefficient (Wildman–Crippen LogP) is 4.11. The number of nitrogens with one attached hydrogen (secondary N) is 1. The molecule has 0 saturated carbocycles. The average Bonchev–Trinajstić information content (AvgIpc) is 3.49. The number of rotatable bonds is 5. The Morgan fingerprint density at radius 1 is 1.27 bits per heavy atom. The van der Waals surface area contributed by atoms with Gasteiger partial charge in [-0.2, -0.15) is 0 Å². The number of methoxy groups -OCH3 is 1. The molecule has 1 N–H and O–H groups in total. The number of carbonyl (C=O) groups is 2. The minimum absolute atomic E-state index is 0.177. The zero-order chi connectivity index (χ0) is 21.1. The number of ether oxygens (including phenoxy) is 1. The summed E-state index contributed by atoms with van der Waals surface area (Å²) in [5.41, 5.74) is 2.82. The standard InChI is InChI=1S/C22H24N4O3S/c1-15-12-23-20(26(15)13-16-6-4-3-5-7-16)17-8-10-25(14-17)22(28)24-18-9-11-30-19(18)21(27)29-2/h3-7,9,11-12,17H,8,10,13-14H2,1-2H3,(H,24,28). The maximum absolute atomic E-state index is 12.8. The molecule has 0 spiro atoms. The van der Waals surface area contributed by atoms with Crippen molar-refractivity contribution in [3.05, 3.63) is 69.9 Å². The first-order valence-electron chi connectivity index (χ1n) is 9.84. The Balaban J connectivity index is 1.45. The molecule has 2 amide bonds. The quantitative estimate of drug-likeness (QED) is 0.626. The number of urea groups is 1. The van der Waals surface area contributed by atoms with E-state index < -0.39 is 5.97 Å². The van der Waals surface area contributed by atoms with E-state index in [2.05, 4.69) is 33.9 Å². The molecule has 1 aliphatic heterocycles. The third kappa shape index (κ3) is 4.09. The van der Waals surface area contributed by atoms with Crippen molar-refractivity contribution in [2.75, 3.05) is 25.5 Å². The number of thiophene rings is 1. The largest absolute Gasteiger partial charge is 0.465 e. The number of likely N-dealkylation sites (tertiary alicyclic amines) is 1. The molecule has 7 nitrogen and oxygen atoms in total. The molecule has 1 atom stereocenters. The number of imidazole rings is 1. The number of anilines is 1. The van der Waals surface area contributed by atoms with E-state index in [0.29, 0.717) is 23.7 Å². The Hall–Kier alpha value is -3.13. The van der Waals surface area contributed by atoms with E-state index in [9.17, 15) is 9.59 Å². The number of benzene rings is 1. The van der Waals surface area contributed by atoms with Crippen LogP contribution < -0.4 is 5.32 Å². The molecule has 0 bridgehead atoms. The topological polar surface area (TPSA) is 76.5 Å². The van der Waals surface area contributed by atoms with E-state index in [1.165, 1.54) is 24.0 Å². The van der Waals surface area contributed by atoms with E-state index >= 15 is 0 Å². The van der Waals surface area contributed by atoms with Gasteiger partial charge in [-0.3, -0.25) is 0 Å². The van der Waals surface area contributed by atoms with Gasteiger partial charge in [0.1, 0.15) is 10.7 Å². The lowest BCUT2D eigenvalue weighted by Crippen LogP contribution is -2.33. The summed E-state index contributed by atoms with van der Waals surface area (Å²) in [7, 11) is 1.33. The molecular formula is C22H24N4O3S. The van der Waals surface area contributed by atoms with Crippen LogP contribution in [-0.2, 0) is 11.3 Å². The Kier molecular flexibility index (Phi) is 5.85. The van der Waals surface area contributed by atoms with Gasteiger partial charge in [-0.05, 0) is 30.4 Å². The monoisotopic (exact) mass is 424 g/mol. The molecule has 1 aliphatic rings. The Bertz CT molecular complexity index is 1040. The van der Waals surface area contributed by atoms with Crippen LogP contribution in [0.25, 0.3) is 0 Å². The van der Waals surface area contributed by atoms with Crippen LogP contribution in [0.2, 0.25) is 0 Å². The third-order valence-electron chi connectivity index (χ3n) is 5.39. The van der Waals surface area contributed by atoms with Crippen molar-refractivity contribution >= 4 is 29.0 Å². The second-order valence-electron chi connectivity index (χ2n) is 7.35. The number of hydrogen-bond donors (Lipinski definition) is 1. The molecule has 156 valence electrons. The normalized spacial score (nSPS) is 15.9. The van der Waals surface area contributed by atoms with Crippen molar-refractivity contribution in [3.8, 4) is 0 Å². The summed E-state index contributed by atoms with van der Waals surface area (Å²) in [4.78, 5) is 31.4. The summed E-state index contributed by atoms with van der Waals surface area (Å²) in [5, 5.41) is 4.61. The van der Waals surface area contributed by atoms with Crippen molar-refractivity contribution in [1.82, 2.24) is 14.5 Å². The van der Waals surface area contributed by atoms with Crippen molar-refractivity contribution in [2.45, 2.75) is 25.8 Å². The molecule has 30 heavy (non-hydrogen) atoms. The summed E-state index contributed by atoms with van der Waals surface area (Å²) in [6, 6.07) is 11.8. The fourth-order valence-corrected chi connectivity index (χ4v) is 4.55. The lowest BCUT2D eigenvalue weighted by atomic mass is 10.1. The lowest BCUT2D eigenvalue weighted by Gasteiger charge is -2.18. The van der Waals surface area contributed by atoms with Gasteiger partial charge < -0.3 is 19.5 Å². The van der Waals surface area contributed by atoms with Gasteiger partial charge in [0.2, 0.25) is 0 Å². The first-order valence-corrected chi connectivity index (χ1v) is 10.7. The molecule has 3 heterocycles. The average molecular weight is 425 g/mol. The molecule has 1 aromatic carbocycles. The maximum Gasteiger partial charge on any atom is 0.350 e. The van der Waals surface area contributed by atoms with Crippen LogP contribution in [0.15, 0.2) is 48.0 Å². The summed E-state index contributed by atoms with van der Waals surface area (Å²) in [6.45, 7) is 4.06. The minimum Gasteiger partial charge on any atom is -0.465 e. The zero-order valence-corrected chi connectivity index (χ0v) is 17.8. The van der Waals surface area contributed by atoms with E-state index in [1.807, 2.05) is 24.4 Å². The van der Waals surface area contributed by atoms with Gasteiger partial charge in [0.25, 0.3) is 0 Å². The highest BCUT2D eigenvalue weighted by atomic mass is 32.1. The van der Waals surface area contributed by atoms with E-state index in [1.54, 1.807) is 16.3 Å². The van der Waals surface area contributed by atoms with Gasteiger partial charge in [0.05, 0.1) is 12.8 Å². The van der Waals surface area contributed by atoms with Crippen molar-refractivity contribution in [1.29, 1.82) is 0 Å².